The van der Waals surface area contributed by atoms with E-state index in [1.807, 2.05) is 0 Å². The fourth-order valence-corrected chi connectivity index (χ4v) is 2.24. The predicted molar refractivity (Wildman–Crippen MR) is 96.5 cm³/mol. The number of benzene rings is 2. The van der Waals surface area contributed by atoms with Crippen molar-refractivity contribution >= 4 is 41.0 Å². The second-order valence-corrected chi connectivity index (χ2v) is 5.67. The molecular formula is C19H15ClFNO4. The van der Waals surface area contributed by atoms with Crippen molar-refractivity contribution in [1.29, 1.82) is 0 Å². The maximum absolute atomic E-state index is 13.1. The largest absolute Gasteiger partial charge is 0.452 e. The standard InChI is InChI=1S/C19H15ClFNO4/c1-12(23)14-4-2-3-5-17(14)22-18(24)11-26-19(25)9-7-13-6-8-16(21)15(20)10-13/h2-10H,11H2,1H3,(H,22,24)/b9-7+. The molecule has 0 fully saturated rings. The zero-order chi connectivity index (χ0) is 19.1. The van der Waals surface area contributed by atoms with Crippen molar-refractivity contribution in [3.8, 4) is 0 Å². The van der Waals surface area contributed by atoms with Gasteiger partial charge < -0.3 is 10.1 Å². The Hall–Kier alpha value is -2.99. The number of ether oxygens (including phenoxy) is 1. The molecule has 0 aliphatic rings. The molecule has 0 spiro atoms. The molecule has 5 nitrogen and oxygen atoms in total. The Balaban J connectivity index is 1.89. The van der Waals surface area contributed by atoms with Gasteiger partial charge in [-0.05, 0) is 42.8 Å². The zero-order valence-corrected chi connectivity index (χ0v) is 14.5. The summed E-state index contributed by atoms with van der Waals surface area (Å²) in [6, 6.07) is 10.5. The van der Waals surface area contributed by atoms with Crippen LogP contribution in [0, 0.1) is 5.82 Å². The number of carbonyl (C=O) groups excluding carboxylic acids is 3. The Kier molecular flexibility index (Phi) is 6.63. The second-order valence-electron chi connectivity index (χ2n) is 5.26. The molecule has 0 saturated heterocycles. The van der Waals surface area contributed by atoms with Crippen molar-refractivity contribution in [3.63, 3.8) is 0 Å². The summed E-state index contributed by atoms with van der Waals surface area (Å²) in [4.78, 5) is 35.0. The minimum atomic E-state index is -0.750. The molecule has 0 bridgehead atoms. The number of rotatable bonds is 6. The van der Waals surface area contributed by atoms with E-state index in [0.29, 0.717) is 16.8 Å². The third-order valence-corrected chi connectivity index (χ3v) is 3.57. The number of nitrogens with one attached hydrogen (secondary N) is 1. The van der Waals surface area contributed by atoms with Gasteiger partial charge in [0.25, 0.3) is 5.91 Å². The van der Waals surface area contributed by atoms with E-state index in [4.69, 9.17) is 16.3 Å². The van der Waals surface area contributed by atoms with Crippen LogP contribution in [-0.2, 0) is 14.3 Å². The third-order valence-electron chi connectivity index (χ3n) is 3.28. The van der Waals surface area contributed by atoms with Crippen molar-refractivity contribution in [2.45, 2.75) is 6.92 Å². The molecule has 0 atom stereocenters. The van der Waals surface area contributed by atoms with Crippen LogP contribution >= 0.6 is 11.6 Å². The summed E-state index contributed by atoms with van der Waals surface area (Å²) in [5, 5.41) is 2.45. The molecule has 1 N–H and O–H groups in total. The van der Waals surface area contributed by atoms with Crippen LogP contribution in [-0.4, -0.2) is 24.3 Å². The van der Waals surface area contributed by atoms with Gasteiger partial charge in [-0.25, -0.2) is 9.18 Å². The highest BCUT2D eigenvalue weighted by Gasteiger charge is 2.11. The first-order valence-corrected chi connectivity index (χ1v) is 7.94. The monoisotopic (exact) mass is 375 g/mol. The van der Waals surface area contributed by atoms with Crippen LogP contribution in [0.15, 0.2) is 48.5 Å². The average molecular weight is 376 g/mol. The van der Waals surface area contributed by atoms with Crippen LogP contribution in [0.25, 0.3) is 6.08 Å². The molecule has 0 saturated carbocycles. The minimum Gasteiger partial charge on any atom is -0.452 e. The van der Waals surface area contributed by atoms with Gasteiger partial charge in [-0.2, -0.15) is 0 Å². The van der Waals surface area contributed by atoms with Gasteiger partial charge in [0.05, 0.1) is 10.7 Å². The van der Waals surface area contributed by atoms with Gasteiger partial charge in [0, 0.05) is 11.6 Å². The van der Waals surface area contributed by atoms with E-state index < -0.39 is 24.3 Å². The molecule has 0 aromatic heterocycles. The van der Waals surface area contributed by atoms with Gasteiger partial charge in [-0.1, -0.05) is 29.8 Å². The van der Waals surface area contributed by atoms with E-state index >= 15 is 0 Å². The van der Waals surface area contributed by atoms with Crippen molar-refractivity contribution in [2.24, 2.45) is 0 Å². The quantitative estimate of drug-likeness (QED) is 0.472. The molecular weight excluding hydrogens is 361 g/mol. The first kappa shape index (κ1) is 19.3. The van der Waals surface area contributed by atoms with E-state index in [9.17, 15) is 18.8 Å². The van der Waals surface area contributed by atoms with Crippen LogP contribution in [0.3, 0.4) is 0 Å². The van der Waals surface area contributed by atoms with Crippen molar-refractivity contribution in [1.82, 2.24) is 0 Å². The molecule has 0 unspecified atom stereocenters. The normalized spacial score (nSPS) is 10.6. The second kappa shape index (κ2) is 8.92. The summed E-state index contributed by atoms with van der Waals surface area (Å²) in [5.41, 5.74) is 1.21. The molecule has 2 aromatic rings. The lowest BCUT2D eigenvalue weighted by Gasteiger charge is -2.08. The summed E-state index contributed by atoms with van der Waals surface area (Å²) in [7, 11) is 0. The molecule has 134 valence electrons. The fraction of sp³-hybridized carbons (Fsp3) is 0.105. The number of anilines is 1. The molecule has 0 aliphatic carbocycles. The molecule has 2 aromatic carbocycles. The number of Topliss-reactive ketones (excluding diaryl/α,β-unsaturated/α-hetero) is 1. The van der Waals surface area contributed by atoms with E-state index in [0.717, 1.165) is 6.08 Å². The van der Waals surface area contributed by atoms with Crippen molar-refractivity contribution in [2.75, 3.05) is 11.9 Å². The van der Waals surface area contributed by atoms with Gasteiger partial charge in [-0.15, -0.1) is 0 Å². The van der Waals surface area contributed by atoms with Gasteiger partial charge >= 0.3 is 5.97 Å². The molecule has 0 heterocycles. The zero-order valence-electron chi connectivity index (χ0n) is 13.8. The Morgan fingerprint density at radius 2 is 1.92 bits per heavy atom. The number of hydrogen-bond acceptors (Lipinski definition) is 4. The first-order valence-electron chi connectivity index (χ1n) is 7.56. The summed E-state index contributed by atoms with van der Waals surface area (Å²) in [5.74, 6) is -2.08. The Bertz CT molecular complexity index is 880. The van der Waals surface area contributed by atoms with Crippen molar-refractivity contribution < 1.29 is 23.5 Å². The summed E-state index contributed by atoms with van der Waals surface area (Å²) < 4.78 is 17.9. The molecule has 0 radical (unpaired) electrons. The topological polar surface area (TPSA) is 72.5 Å². The molecule has 0 aliphatic heterocycles. The highest BCUT2D eigenvalue weighted by molar-refractivity contribution is 6.30. The Morgan fingerprint density at radius 1 is 1.19 bits per heavy atom. The van der Waals surface area contributed by atoms with Crippen LogP contribution in [0.1, 0.15) is 22.8 Å². The van der Waals surface area contributed by atoms with E-state index in [1.165, 1.54) is 31.2 Å². The van der Waals surface area contributed by atoms with Gasteiger partial charge in [0.2, 0.25) is 0 Å². The lowest BCUT2D eigenvalue weighted by Crippen LogP contribution is -2.21. The van der Waals surface area contributed by atoms with Crippen molar-refractivity contribution in [3.05, 3.63) is 70.5 Å². The van der Waals surface area contributed by atoms with E-state index in [-0.39, 0.29) is 10.8 Å². The summed E-state index contributed by atoms with van der Waals surface area (Å²) in [6.07, 6.45) is 2.48. The fourth-order valence-electron chi connectivity index (χ4n) is 2.05. The Labute approximate surface area is 154 Å². The number of amides is 1. The van der Waals surface area contributed by atoms with E-state index in [2.05, 4.69) is 5.32 Å². The number of para-hydroxylation sites is 1. The van der Waals surface area contributed by atoms with Crippen LogP contribution in [0.5, 0.6) is 0 Å². The average Bonchev–Trinajstić information content (AvgIpc) is 2.61. The van der Waals surface area contributed by atoms with Gasteiger partial charge in [0.1, 0.15) is 5.82 Å². The molecule has 2 rings (SSSR count). The van der Waals surface area contributed by atoms with Crippen LogP contribution in [0.2, 0.25) is 5.02 Å². The number of carbonyl (C=O) groups is 3. The number of ketones is 1. The van der Waals surface area contributed by atoms with Crippen LogP contribution < -0.4 is 5.32 Å². The van der Waals surface area contributed by atoms with Gasteiger partial charge in [0.15, 0.2) is 12.4 Å². The number of hydrogen-bond donors (Lipinski definition) is 1. The summed E-state index contributed by atoms with van der Waals surface area (Å²) in [6.45, 7) is 0.872. The minimum absolute atomic E-state index is 0.0657. The van der Waals surface area contributed by atoms with Gasteiger partial charge in [-0.3, -0.25) is 9.59 Å². The molecule has 1 amide bonds. The number of halogens is 2. The third kappa shape index (κ3) is 5.53. The van der Waals surface area contributed by atoms with Crippen LogP contribution in [0.4, 0.5) is 10.1 Å². The Morgan fingerprint density at radius 3 is 2.62 bits per heavy atom. The maximum atomic E-state index is 13.1. The molecule has 7 heteroatoms. The lowest BCUT2D eigenvalue weighted by molar-refractivity contribution is -0.142. The lowest BCUT2D eigenvalue weighted by atomic mass is 10.1. The highest BCUT2D eigenvalue weighted by Crippen LogP contribution is 2.17. The maximum Gasteiger partial charge on any atom is 0.331 e. The first-order chi connectivity index (χ1) is 12.4. The SMILES string of the molecule is CC(=O)c1ccccc1NC(=O)COC(=O)/C=C/c1ccc(F)c(Cl)c1. The predicted octanol–water partition coefficient (Wildman–Crippen LogP) is 3.88. The van der Waals surface area contributed by atoms with E-state index in [1.54, 1.807) is 24.3 Å². The summed E-state index contributed by atoms with van der Waals surface area (Å²) >= 11 is 5.64. The smallest absolute Gasteiger partial charge is 0.331 e. The number of esters is 1. The molecule has 26 heavy (non-hydrogen) atoms. The highest BCUT2D eigenvalue weighted by atomic mass is 35.5.